The van der Waals surface area contributed by atoms with Crippen molar-refractivity contribution in [2.45, 2.75) is 17.7 Å². The minimum absolute atomic E-state index is 0.138. The molecule has 0 aromatic carbocycles. The van der Waals surface area contributed by atoms with Gasteiger partial charge in [-0.15, -0.1) is 11.3 Å². The van der Waals surface area contributed by atoms with E-state index in [1.807, 2.05) is 43.3 Å². The third kappa shape index (κ3) is 3.98. The van der Waals surface area contributed by atoms with Gasteiger partial charge in [0.2, 0.25) is 10.0 Å². The van der Waals surface area contributed by atoms with Crippen LogP contribution >= 0.6 is 11.3 Å². The Morgan fingerprint density at radius 3 is 2.88 bits per heavy atom. The van der Waals surface area contributed by atoms with Crippen molar-refractivity contribution in [2.24, 2.45) is 4.99 Å². The molecule has 3 aromatic rings. The van der Waals surface area contributed by atoms with Crippen molar-refractivity contribution >= 4 is 40.0 Å². The number of rotatable bonds is 7. The Hall–Kier alpha value is -2.55. The number of allylic oxidation sites excluding steroid dienone is 1. The molecule has 6 nitrogen and oxygen atoms in total. The van der Waals surface area contributed by atoms with E-state index in [-0.39, 0.29) is 10.8 Å². The number of aliphatic imine (C=N–C) groups is 1. The van der Waals surface area contributed by atoms with Crippen molar-refractivity contribution in [1.29, 1.82) is 0 Å². The van der Waals surface area contributed by atoms with Crippen molar-refractivity contribution in [3.63, 3.8) is 0 Å². The van der Waals surface area contributed by atoms with E-state index >= 15 is 0 Å². The number of thiophene rings is 1. The number of hydrogen-bond acceptors (Lipinski definition) is 5. The number of aromatic nitrogens is 2. The summed E-state index contributed by atoms with van der Waals surface area (Å²) in [7, 11) is -3.61. The van der Waals surface area contributed by atoms with Gasteiger partial charge in [-0.25, -0.2) is 18.1 Å². The zero-order valence-electron chi connectivity index (χ0n) is 14.1. The highest BCUT2D eigenvalue weighted by atomic mass is 32.2. The zero-order valence-corrected chi connectivity index (χ0v) is 15.8. The molecule has 0 unspecified atom stereocenters. The van der Waals surface area contributed by atoms with E-state index < -0.39 is 10.0 Å². The van der Waals surface area contributed by atoms with Gasteiger partial charge < -0.3 is 4.98 Å². The van der Waals surface area contributed by atoms with Crippen LogP contribution in [0.5, 0.6) is 0 Å². The van der Waals surface area contributed by atoms with Crippen molar-refractivity contribution in [3.8, 4) is 10.6 Å². The molecule has 3 heterocycles. The fourth-order valence-corrected chi connectivity index (χ4v) is 4.74. The van der Waals surface area contributed by atoms with Crippen LogP contribution in [0.1, 0.15) is 18.2 Å². The lowest BCUT2D eigenvalue weighted by atomic mass is 10.2. The maximum absolute atomic E-state index is 12.6. The lowest BCUT2D eigenvalue weighted by Crippen LogP contribution is -2.22. The van der Waals surface area contributed by atoms with Crippen molar-refractivity contribution < 1.29 is 8.42 Å². The van der Waals surface area contributed by atoms with Gasteiger partial charge in [-0.3, -0.25) is 4.98 Å². The van der Waals surface area contributed by atoms with E-state index in [2.05, 4.69) is 26.4 Å². The van der Waals surface area contributed by atoms with Gasteiger partial charge in [0.05, 0.1) is 17.1 Å². The Morgan fingerprint density at radius 1 is 1.35 bits per heavy atom. The highest BCUT2D eigenvalue weighted by molar-refractivity contribution is 7.91. The molecule has 0 saturated carbocycles. The van der Waals surface area contributed by atoms with Crippen LogP contribution in [0.25, 0.3) is 16.6 Å². The highest BCUT2D eigenvalue weighted by Gasteiger charge is 2.18. The zero-order chi connectivity index (χ0) is 18.6. The van der Waals surface area contributed by atoms with Gasteiger partial charge in [-0.2, -0.15) is 0 Å². The number of sulfonamides is 1. The summed E-state index contributed by atoms with van der Waals surface area (Å²) in [4.78, 5) is 12.0. The van der Waals surface area contributed by atoms with E-state index in [0.717, 1.165) is 16.1 Å². The van der Waals surface area contributed by atoms with Gasteiger partial charge in [0, 0.05) is 17.5 Å². The van der Waals surface area contributed by atoms with Crippen LogP contribution in [-0.4, -0.2) is 25.1 Å². The minimum Gasteiger partial charge on any atom is -0.342 e. The lowest BCUT2D eigenvalue weighted by Gasteiger charge is -2.03. The van der Waals surface area contributed by atoms with Gasteiger partial charge in [0.15, 0.2) is 0 Å². The Labute approximate surface area is 156 Å². The average molecular weight is 387 g/mol. The number of hydrogen-bond donors (Lipinski definition) is 2. The van der Waals surface area contributed by atoms with Crippen molar-refractivity contribution in [1.82, 2.24) is 14.7 Å². The molecule has 3 rings (SSSR count). The molecule has 0 amide bonds. The molecular formula is C18H18N4O2S2. The normalized spacial score (nSPS) is 11.9. The first-order valence-corrected chi connectivity index (χ1v) is 10.2. The van der Waals surface area contributed by atoms with Crippen LogP contribution in [0.3, 0.4) is 0 Å². The summed E-state index contributed by atoms with van der Waals surface area (Å²) in [6.45, 7) is 5.56. The number of H-pyrrole nitrogens is 1. The maximum atomic E-state index is 12.6. The number of aromatic amines is 1. The first kappa shape index (κ1) is 18.2. The second-order valence-corrected chi connectivity index (χ2v) is 8.49. The summed E-state index contributed by atoms with van der Waals surface area (Å²) >= 11 is 1.19. The largest absolute Gasteiger partial charge is 0.342 e. The van der Waals surface area contributed by atoms with E-state index in [1.165, 1.54) is 11.3 Å². The van der Waals surface area contributed by atoms with E-state index in [4.69, 9.17) is 0 Å². The Bertz CT molecular complexity index is 1030. The van der Waals surface area contributed by atoms with Gasteiger partial charge in [0.1, 0.15) is 10.0 Å². The van der Waals surface area contributed by atoms with Gasteiger partial charge in [0.25, 0.3) is 0 Å². The quantitative estimate of drug-likeness (QED) is 0.602. The third-order valence-electron chi connectivity index (χ3n) is 3.60. The fraction of sp³-hybridized carbons (Fsp3) is 0.111. The van der Waals surface area contributed by atoms with Crippen molar-refractivity contribution in [3.05, 3.63) is 59.9 Å². The van der Waals surface area contributed by atoms with E-state index in [9.17, 15) is 8.42 Å². The van der Waals surface area contributed by atoms with Crippen molar-refractivity contribution in [2.75, 3.05) is 0 Å². The smallest absolute Gasteiger partial charge is 0.250 e. The molecule has 0 aliphatic rings. The predicted molar refractivity (Wildman–Crippen MR) is 106 cm³/mol. The first-order valence-electron chi connectivity index (χ1n) is 7.85. The predicted octanol–water partition coefficient (Wildman–Crippen LogP) is 3.98. The number of nitrogens with zero attached hydrogens (tertiary/aromatic N) is 2. The number of nitrogens with one attached hydrogen (secondary N) is 2. The summed E-state index contributed by atoms with van der Waals surface area (Å²) in [6.07, 6.45) is 5.45. The monoisotopic (exact) mass is 386 g/mol. The average Bonchev–Trinajstić information content (AvgIpc) is 3.29. The van der Waals surface area contributed by atoms with E-state index in [0.29, 0.717) is 11.5 Å². The molecule has 3 aromatic heterocycles. The molecule has 0 bridgehead atoms. The molecule has 8 heteroatoms. The molecule has 0 radical (unpaired) electrons. The SMILES string of the molecule is C=Nc1[nH]c(CNS(=O)(=O)c2ccc(-c3ccccn3)s2)cc1/C=C\C. The summed E-state index contributed by atoms with van der Waals surface area (Å²) < 4.78 is 28.0. The summed E-state index contributed by atoms with van der Waals surface area (Å²) in [5.74, 6) is 0.617. The van der Waals surface area contributed by atoms with Crippen LogP contribution in [0.4, 0.5) is 5.82 Å². The Kier molecular flexibility index (Phi) is 5.46. The Morgan fingerprint density at radius 2 is 2.19 bits per heavy atom. The standard InChI is InChI=1S/C18H18N4O2S2/c1-3-6-13-11-14(22-18(13)19-2)12-21-26(23,24)17-9-8-16(25-17)15-7-4-5-10-20-15/h3-11,21-22H,2,12H2,1H3/b6-3-. The lowest BCUT2D eigenvalue weighted by molar-refractivity contribution is 0.583. The molecule has 2 N–H and O–H groups in total. The second kappa shape index (κ2) is 7.77. The fourth-order valence-electron chi connectivity index (χ4n) is 2.40. The van der Waals surface area contributed by atoms with Crippen LogP contribution in [0, 0.1) is 0 Å². The molecule has 0 aliphatic carbocycles. The van der Waals surface area contributed by atoms with Crippen LogP contribution < -0.4 is 4.72 Å². The maximum Gasteiger partial charge on any atom is 0.250 e. The molecule has 0 spiro atoms. The van der Waals surface area contributed by atoms with Gasteiger partial charge in [-0.1, -0.05) is 18.2 Å². The topological polar surface area (TPSA) is 87.2 Å². The number of pyridine rings is 1. The molecule has 0 saturated heterocycles. The molecular weight excluding hydrogens is 368 g/mol. The summed E-state index contributed by atoms with van der Waals surface area (Å²) in [5, 5.41) is 0. The van der Waals surface area contributed by atoms with Crippen LogP contribution in [-0.2, 0) is 16.6 Å². The summed E-state index contributed by atoms with van der Waals surface area (Å²) in [6, 6.07) is 10.7. The molecule has 0 aliphatic heterocycles. The highest BCUT2D eigenvalue weighted by Crippen LogP contribution is 2.29. The first-order chi connectivity index (χ1) is 12.5. The van der Waals surface area contributed by atoms with Gasteiger partial charge >= 0.3 is 0 Å². The summed E-state index contributed by atoms with van der Waals surface area (Å²) in [5.41, 5.74) is 2.33. The molecule has 134 valence electrons. The minimum atomic E-state index is -3.61. The third-order valence-corrected chi connectivity index (χ3v) is 6.60. The molecule has 0 atom stereocenters. The van der Waals surface area contributed by atoms with Crippen LogP contribution in [0.15, 0.2) is 57.9 Å². The van der Waals surface area contributed by atoms with E-state index in [1.54, 1.807) is 18.3 Å². The van der Waals surface area contributed by atoms with Gasteiger partial charge in [-0.05, 0) is 44.0 Å². The molecule has 26 heavy (non-hydrogen) atoms. The Balaban J connectivity index is 1.76. The second-order valence-electron chi connectivity index (χ2n) is 5.41. The molecule has 0 fully saturated rings. The van der Waals surface area contributed by atoms with Crippen LogP contribution in [0.2, 0.25) is 0 Å².